The van der Waals surface area contributed by atoms with Gasteiger partial charge in [0.1, 0.15) is 29.8 Å². The Morgan fingerprint density at radius 2 is 1.68 bits per heavy atom. The first-order valence-electron chi connectivity index (χ1n) is 6.78. The average Bonchev–Trinajstić information content (AvgIpc) is 2.56. The molecule has 0 fully saturated rings. The highest BCUT2D eigenvalue weighted by Crippen LogP contribution is 2.27. The number of carbonyl (C=O) groups is 1. The number of methoxy groups -OCH3 is 2. The molecular weight excluding hydrogens is 284 g/mol. The smallest absolute Gasteiger partial charge is 0.316 e. The van der Waals surface area contributed by atoms with Crippen LogP contribution >= 0.6 is 0 Å². The van der Waals surface area contributed by atoms with Gasteiger partial charge in [0.25, 0.3) is 0 Å². The Hall–Kier alpha value is -2.69. The fraction of sp³-hybridized carbons (Fsp3) is 0.235. The van der Waals surface area contributed by atoms with E-state index >= 15 is 0 Å². The van der Waals surface area contributed by atoms with E-state index in [1.165, 1.54) is 13.2 Å². The van der Waals surface area contributed by atoms with Gasteiger partial charge >= 0.3 is 5.97 Å². The van der Waals surface area contributed by atoms with Crippen molar-refractivity contribution in [3.8, 4) is 17.2 Å². The van der Waals surface area contributed by atoms with Gasteiger partial charge in [-0.1, -0.05) is 18.2 Å². The summed E-state index contributed by atoms with van der Waals surface area (Å²) >= 11 is 0. The van der Waals surface area contributed by atoms with Gasteiger partial charge in [0, 0.05) is 5.56 Å². The maximum absolute atomic E-state index is 12.0. The van der Waals surface area contributed by atoms with Gasteiger partial charge in [0.2, 0.25) is 0 Å². The van der Waals surface area contributed by atoms with Crippen molar-refractivity contribution in [1.29, 1.82) is 0 Å². The molecule has 0 amide bonds. The first-order chi connectivity index (χ1) is 10.7. The summed E-state index contributed by atoms with van der Waals surface area (Å²) in [5.74, 6) is 0.197. The molecule has 1 atom stereocenters. The molecule has 0 aliphatic heterocycles. The van der Waals surface area contributed by atoms with E-state index in [9.17, 15) is 9.90 Å². The topological polar surface area (TPSA) is 65.0 Å². The maximum atomic E-state index is 12.0. The highest BCUT2D eigenvalue weighted by molar-refractivity contribution is 5.79. The van der Waals surface area contributed by atoms with E-state index in [-0.39, 0.29) is 12.4 Å². The summed E-state index contributed by atoms with van der Waals surface area (Å²) in [4.78, 5) is 12.0. The number of ether oxygens (including phenoxy) is 3. The normalized spacial score (nSPS) is 11.5. The molecule has 116 valence electrons. The molecule has 0 aliphatic carbocycles. The Morgan fingerprint density at radius 3 is 2.27 bits per heavy atom. The average molecular weight is 302 g/mol. The van der Waals surface area contributed by atoms with Crippen LogP contribution in [0, 0.1) is 0 Å². The van der Waals surface area contributed by atoms with Gasteiger partial charge in [-0.15, -0.1) is 0 Å². The minimum Gasteiger partial charge on any atom is -0.508 e. The van der Waals surface area contributed by atoms with Crippen LogP contribution in [0.15, 0.2) is 48.5 Å². The summed E-state index contributed by atoms with van der Waals surface area (Å²) in [6.45, 7) is 0.0660. The Labute approximate surface area is 129 Å². The minimum atomic E-state index is -0.701. The third kappa shape index (κ3) is 3.69. The summed E-state index contributed by atoms with van der Waals surface area (Å²) in [5.41, 5.74) is 0.475. The second kappa shape index (κ2) is 7.36. The molecule has 2 aromatic carbocycles. The van der Waals surface area contributed by atoms with Crippen LogP contribution in [0.4, 0.5) is 0 Å². The fourth-order valence-corrected chi connectivity index (χ4v) is 2.06. The van der Waals surface area contributed by atoms with E-state index < -0.39 is 11.9 Å². The maximum Gasteiger partial charge on any atom is 0.316 e. The molecule has 0 radical (unpaired) electrons. The molecule has 5 heteroatoms. The zero-order valence-corrected chi connectivity index (χ0v) is 12.5. The Balaban J connectivity index is 2.13. The molecule has 5 nitrogen and oxygen atoms in total. The lowest BCUT2D eigenvalue weighted by molar-refractivity contribution is -0.143. The van der Waals surface area contributed by atoms with Crippen molar-refractivity contribution in [2.24, 2.45) is 0 Å². The largest absolute Gasteiger partial charge is 0.508 e. The zero-order valence-electron chi connectivity index (χ0n) is 12.5. The van der Waals surface area contributed by atoms with Gasteiger partial charge in [-0.2, -0.15) is 0 Å². The number of para-hydroxylation sites is 1. The number of rotatable bonds is 6. The number of phenols is 1. The zero-order chi connectivity index (χ0) is 15.9. The lowest BCUT2D eigenvalue weighted by Gasteiger charge is -2.17. The highest BCUT2D eigenvalue weighted by Gasteiger charge is 2.25. The third-order valence-electron chi connectivity index (χ3n) is 3.27. The first-order valence-corrected chi connectivity index (χ1v) is 6.78. The van der Waals surface area contributed by atoms with Crippen LogP contribution in [0.25, 0.3) is 0 Å². The molecule has 2 rings (SSSR count). The van der Waals surface area contributed by atoms with Crippen molar-refractivity contribution < 1.29 is 24.1 Å². The molecule has 0 bridgehead atoms. The monoisotopic (exact) mass is 302 g/mol. The van der Waals surface area contributed by atoms with Gasteiger partial charge in [-0.3, -0.25) is 4.79 Å². The van der Waals surface area contributed by atoms with E-state index in [0.717, 1.165) is 5.75 Å². The predicted octanol–water partition coefficient (Wildman–Crippen LogP) is 2.74. The molecule has 2 aromatic rings. The van der Waals surface area contributed by atoms with Crippen molar-refractivity contribution in [2.75, 3.05) is 20.8 Å². The number of phenolic OH excluding ortho intramolecular Hbond substituents is 1. The summed E-state index contributed by atoms with van der Waals surface area (Å²) in [7, 11) is 2.89. The van der Waals surface area contributed by atoms with Crippen LogP contribution in [0.5, 0.6) is 17.2 Å². The third-order valence-corrected chi connectivity index (χ3v) is 3.27. The van der Waals surface area contributed by atoms with Crippen LogP contribution in [-0.2, 0) is 9.53 Å². The fourth-order valence-electron chi connectivity index (χ4n) is 2.06. The number of benzene rings is 2. The van der Waals surface area contributed by atoms with Crippen LogP contribution in [0.2, 0.25) is 0 Å². The number of hydrogen-bond donors (Lipinski definition) is 1. The molecular formula is C17H18O5. The second-order valence-corrected chi connectivity index (χ2v) is 4.62. The molecule has 22 heavy (non-hydrogen) atoms. The summed E-state index contributed by atoms with van der Waals surface area (Å²) in [5, 5.41) is 9.91. The van der Waals surface area contributed by atoms with Crippen molar-refractivity contribution in [3.63, 3.8) is 0 Å². The van der Waals surface area contributed by atoms with E-state index in [1.807, 2.05) is 0 Å². The van der Waals surface area contributed by atoms with Crippen molar-refractivity contribution in [1.82, 2.24) is 0 Å². The molecule has 0 saturated carbocycles. The number of esters is 1. The quantitative estimate of drug-likeness (QED) is 0.831. The Morgan fingerprint density at radius 1 is 1.05 bits per heavy atom. The van der Waals surface area contributed by atoms with Gasteiger partial charge in [-0.25, -0.2) is 0 Å². The van der Waals surface area contributed by atoms with E-state index in [1.54, 1.807) is 49.6 Å². The van der Waals surface area contributed by atoms with Crippen molar-refractivity contribution in [3.05, 3.63) is 54.1 Å². The molecule has 0 spiro atoms. The Bertz CT molecular complexity index is 621. The lowest BCUT2D eigenvalue weighted by atomic mass is 9.99. The van der Waals surface area contributed by atoms with Gasteiger partial charge in [0.15, 0.2) is 0 Å². The van der Waals surface area contributed by atoms with Gasteiger partial charge < -0.3 is 19.3 Å². The van der Waals surface area contributed by atoms with Crippen LogP contribution in [0.3, 0.4) is 0 Å². The SMILES string of the molecule is COC(=O)C(COc1ccc(OC)cc1)c1ccccc1O. The molecule has 0 heterocycles. The van der Waals surface area contributed by atoms with Gasteiger partial charge in [0.05, 0.1) is 14.2 Å². The van der Waals surface area contributed by atoms with E-state index in [0.29, 0.717) is 11.3 Å². The van der Waals surface area contributed by atoms with Gasteiger partial charge in [-0.05, 0) is 30.3 Å². The van der Waals surface area contributed by atoms with E-state index in [4.69, 9.17) is 14.2 Å². The standard InChI is InChI=1S/C17H18O5/c1-20-12-7-9-13(10-8-12)22-11-15(17(19)21-2)14-5-3-4-6-16(14)18/h3-10,15,18H,11H2,1-2H3. The lowest BCUT2D eigenvalue weighted by Crippen LogP contribution is -2.21. The molecule has 1 N–H and O–H groups in total. The van der Waals surface area contributed by atoms with E-state index in [2.05, 4.69) is 0 Å². The molecule has 0 saturated heterocycles. The van der Waals surface area contributed by atoms with Crippen molar-refractivity contribution in [2.45, 2.75) is 5.92 Å². The number of carbonyl (C=O) groups excluding carboxylic acids is 1. The number of aromatic hydroxyl groups is 1. The summed E-state index contributed by atoms with van der Waals surface area (Å²) < 4.78 is 15.5. The minimum absolute atomic E-state index is 0.0382. The Kier molecular flexibility index (Phi) is 5.25. The molecule has 0 aromatic heterocycles. The molecule has 0 aliphatic rings. The highest BCUT2D eigenvalue weighted by atomic mass is 16.5. The van der Waals surface area contributed by atoms with Crippen LogP contribution in [-0.4, -0.2) is 31.9 Å². The first kappa shape index (κ1) is 15.7. The van der Waals surface area contributed by atoms with Crippen LogP contribution in [0.1, 0.15) is 11.5 Å². The molecule has 1 unspecified atom stereocenters. The van der Waals surface area contributed by atoms with Crippen molar-refractivity contribution >= 4 is 5.97 Å². The summed E-state index contributed by atoms with van der Waals surface area (Å²) in [6, 6.07) is 13.7. The second-order valence-electron chi connectivity index (χ2n) is 4.62. The summed E-state index contributed by atoms with van der Waals surface area (Å²) in [6.07, 6.45) is 0. The predicted molar refractivity (Wildman–Crippen MR) is 81.4 cm³/mol. The number of hydrogen-bond acceptors (Lipinski definition) is 5. The van der Waals surface area contributed by atoms with Crippen LogP contribution < -0.4 is 9.47 Å².